The molecule has 1 N–H and O–H groups in total. The van der Waals surface area contributed by atoms with Crippen molar-refractivity contribution < 1.29 is 14.7 Å². The summed E-state index contributed by atoms with van der Waals surface area (Å²) >= 11 is 0. The molecular weight excluding hydrogens is 366 g/mol. The zero-order valence-corrected chi connectivity index (χ0v) is 17.2. The second-order valence-corrected chi connectivity index (χ2v) is 8.48. The lowest BCUT2D eigenvalue weighted by molar-refractivity contribution is -0.138. The van der Waals surface area contributed by atoms with Gasteiger partial charge in [-0.3, -0.25) is 14.5 Å². The number of aliphatic carboxylic acids is 1. The second kappa shape index (κ2) is 8.03. The van der Waals surface area contributed by atoms with Crippen molar-refractivity contribution in [3.05, 3.63) is 35.9 Å². The first-order valence-electron chi connectivity index (χ1n) is 10.5. The predicted molar refractivity (Wildman–Crippen MR) is 116 cm³/mol. The standard InChI is InChI=1S/C23H29N3O3/c1-16(2)9-12-26-20-8-7-19(17-5-3-6-18(22(17)20)23(26)29)25-11-4-10-24(13-14-25)15-21(27)28/h3,5-8,16H,4,9-15H2,1-2H3,(H,27,28). The minimum absolute atomic E-state index is 0.0942. The van der Waals surface area contributed by atoms with Crippen molar-refractivity contribution in [3.63, 3.8) is 0 Å². The number of benzene rings is 2. The molecule has 29 heavy (non-hydrogen) atoms. The number of carbonyl (C=O) groups is 2. The SMILES string of the molecule is CC(C)CCN1C(=O)c2cccc3c(N4CCCN(CC(=O)O)CC4)ccc1c23. The van der Waals surface area contributed by atoms with Gasteiger partial charge in [0.15, 0.2) is 0 Å². The molecule has 0 atom stereocenters. The van der Waals surface area contributed by atoms with Gasteiger partial charge in [0.05, 0.1) is 12.2 Å². The molecule has 2 aromatic carbocycles. The van der Waals surface area contributed by atoms with Gasteiger partial charge in [0.2, 0.25) is 0 Å². The van der Waals surface area contributed by atoms with Crippen molar-refractivity contribution in [1.29, 1.82) is 0 Å². The maximum atomic E-state index is 13.0. The Morgan fingerprint density at radius 2 is 1.86 bits per heavy atom. The molecule has 1 saturated heterocycles. The highest BCUT2D eigenvalue weighted by molar-refractivity contribution is 6.26. The Balaban J connectivity index is 1.65. The largest absolute Gasteiger partial charge is 0.480 e. The van der Waals surface area contributed by atoms with Crippen molar-refractivity contribution in [2.75, 3.05) is 49.1 Å². The summed E-state index contributed by atoms with van der Waals surface area (Å²) in [5.74, 6) is -0.122. The Morgan fingerprint density at radius 1 is 1.07 bits per heavy atom. The van der Waals surface area contributed by atoms with Gasteiger partial charge in [-0.25, -0.2) is 0 Å². The van der Waals surface area contributed by atoms with Crippen LogP contribution in [0.3, 0.4) is 0 Å². The summed E-state index contributed by atoms with van der Waals surface area (Å²) in [6.45, 7) is 8.40. The van der Waals surface area contributed by atoms with Gasteiger partial charge in [-0.2, -0.15) is 0 Å². The molecule has 1 amide bonds. The molecule has 0 spiro atoms. The monoisotopic (exact) mass is 395 g/mol. The van der Waals surface area contributed by atoms with Crippen LogP contribution in [0.4, 0.5) is 11.4 Å². The number of carbonyl (C=O) groups excluding carboxylic acids is 1. The molecule has 0 saturated carbocycles. The molecule has 0 radical (unpaired) electrons. The number of hydrogen-bond acceptors (Lipinski definition) is 4. The van der Waals surface area contributed by atoms with Gasteiger partial charge in [0.25, 0.3) is 5.91 Å². The number of rotatable bonds is 6. The van der Waals surface area contributed by atoms with Crippen LogP contribution in [0.25, 0.3) is 10.8 Å². The molecule has 6 heteroatoms. The third-order valence-corrected chi connectivity index (χ3v) is 5.98. The highest BCUT2D eigenvalue weighted by Gasteiger charge is 2.31. The third-order valence-electron chi connectivity index (χ3n) is 5.98. The van der Waals surface area contributed by atoms with Gasteiger partial charge in [-0.15, -0.1) is 0 Å². The molecule has 0 bridgehead atoms. The van der Waals surface area contributed by atoms with Gasteiger partial charge >= 0.3 is 5.97 Å². The van der Waals surface area contributed by atoms with Crippen LogP contribution in [0.15, 0.2) is 30.3 Å². The number of nitrogens with zero attached hydrogens (tertiary/aromatic N) is 3. The van der Waals surface area contributed by atoms with Crippen LogP contribution in [-0.4, -0.2) is 61.2 Å². The quantitative estimate of drug-likeness (QED) is 0.812. The van der Waals surface area contributed by atoms with E-state index >= 15 is 0 Å². The predicted octanol–water partition coefficient (Wildman–Crippen LogP) is 3.44. The smallest absolute Gasteiger partial charge is 0.317 e. The van der Waals surface area contributed by atoms with E-state index in [0.717, 1.165) is 73.3 Å². The molecule has 0 aliphatic carbocycles. The number of anilines is 2. The van der Waals surface area contributed by atoms with E-state index in [1.54, 1.807) is 0 Å². The maximum Gasteiger partial charge on any atom is 0.317 e. The topological polar surface area (TPSA) is 64.1 Å². The molecule has 0 unspecified atom stereocenters. The lowest BCUT2D eigenvalue weighted by Crippen LogP contribution is -2.34. The molecule has 1 fully saturated rings. The Labute approximate surface area is 171 Å². The first kappa shape index (κ1) is 19.7. The second-order valence-electron chi connectivity index (χ2n) is 8.48. The first-order valence-corrected chi connectivity index (χ1v) is 10.5. The van der Waals surface area contributed by atoms with Crippen molar-refractivity contribution in [2.24, 2.45) is 5.92 Å². The molecule has 2 aliphatic heterocycles. The third kappa shape index (κ3) is 3.81. The van der Waals surface area contributed by atoms with Gasteiger partial charge in [-0.05, 0) is 37.0 Å². The minimum Gasteiger partial charge on any atom is -0.480 e. The Kier molecular flexibility index (Phi) is 5.46. The van der Waals surface area contributed by atoms with E-state index in [1.165, 1.54) is 0 Å². The zero-order valence-electron chi connectivity index (χ0n) is 17.2. The molecule has 4 rings (SSSR count). The van der Waals surface area contributed by atoms with E-state index < -0.39 is 5.97 Å². The van der Waals surface area contributed by atoms with E-state index in [0.29, 0.717) is 5.92 Å². The maximum absolute atomic E-state index is 13.0. The van der Waals surface area contributed by atoms with Crippen molar-refractivity contribution in [2.45, 2.75) is 26.7 Å². The summed E-state index contributed by atoms with van der Waals surface area (Å²) in [4.78, 5) is 30.3. The van der Waals surface area contributed by atoms with Crippen LogP contribution in [0.1, 0.15) is 37.0 Å². The lowest BCUT2D eigenvalue weighted by Gasteiger charge is -2.25. The van der Waals surface area contributed by atoms with Crippen LogP contribution in [0.5, 0.6) is 0 Å². The average molecular weight is 396 g/mol. The fourth-order valence-electron chi connectivity index (χ4n) is 4.48. The number of hydrogen-bond donors (Lipinski definition) is 1. The molecule has 2 heterocycles. The van der Waals surface area contributed by atoms with E-state index in [1.807, 2.05) is 21.9 Å². The lowest BCUT2D eigenvalue weighted by atomic mass is 10.0. The molecule has 6 nitrogen and oxygen atoms in total. The van der Waals surface area contributed by atoms with Crippen LogP contribution in [-0.2, 0) is 4.79 Å². The van der Waals surface area contributed by atoms with Gasteiger partial charge in [-0.1, -0.05) is 26.0 Å². The summed E-state index contributed by atoms with van der Waals surface area (Å²) in [7, 11) is 0. The van der Waals surface area contributed by atoms with E-state index in [4.69, 9.17) is 5.11 Å². The zero-order chi connectivity index (χ0) is 20.5. The molecule has 0 aromatic heterocycles. The Morgan fingerprint density at radius 3 is 2.62 bits per heavy atom. The summed E-state index contributed by atoms with van der Waals surface area (Å²) < 4.78 is 0. The van der Waals surface area contributed by atoms with E-state index in [9.17, 15) is 9.59 Å². The van der Waals surface area contributed by atoms with Crippen molar-refractivity contribution in [1.82, 2.24) is 4.90 Å². The Bertz CT molecular complexity index is 940. The first-order chi connectivity index (χ1) is 14.0. The summed E-state index contributed by atoms with van der Waals surface area (Å²) in [6, 6.07) is 10.2. The molecular formula is C23H29N3O3. The average Bonchev–Trinajstić information content (AvgIpc) is 2.82. The van der Waals surface area contributed by atoms with Gasteiger partial charge < -0.3 is 14.9 Å². The van der Waals surface area contributed by atoms with Crippen molar-refractivity contribution >= 4 is 34.0 Å². The van der Waals surface area contributed by atoms with Crippen LogP contribution < -0.4 is 9.80 Å². The Hall–Kier alpha value is -2.60. The molecule has 154 valence electrons. The van der Waals surface area contributed by atoms with Gasteiger partial charge in [0, 0.05) is 54.7 Å². The summed E-state index contributed by atoms with van der Waals surface area (Å²) in [5.41, 5.74) is 2.96. The summed E-state index contributed by atoms with van der Waals surface area (Å²) in [5, 5.41) is 11.3. The number of amides is 1. The van der Waals surface area contributed by atoms with Crippen LogP contribution in [0.2, 0.25) is 0 Å². The summed E-state index contributed by atoms with van der Waals surface area (Å²) in [6.07, 6.45) is 1.91. The van der Waals surface area contributed by atoms with Crippen LogP contribution >= 0.6 is 0 Å². The minimum atomic E-state index is -0.774. The van der Waals surface area contributed by atoms with E-state index in [2.05, 4.69) is 36.9 Å². The van der Waals surface area contributed by atoms with Crippen molar-refractivity contribution in [3.8, 4) is 0 Å². The fraction of sp³-hybridized carbons (Fsp3) is 0.478. The van der Waals surface area contributed by atoms with Crippen LogP contribution in [0, 0.1) is 5.92 Å². The molecule has 2 aromatic rings. The highest BCUT2D eigenvalue weighted by Crippen LogP contribution is 2.42. The normalized spacial score (nSPS) is 17.4. The number of carboxylic acid groups (broad SMARTS) is 1. The fourth-order valence-corrected chi connectivity index (χ4v) is 4.48. The highest BCUT2D eigenvalue weighted by atomic mass is 16.4. The van der Waals surface area contributed by atoms with E-state index in [-0.39, 0.29) is 12.5 Å². The molecule has 2 aliphatic rings. The van der Waals surface area contributed by atoms with Gasteiger partial charge in [0.1, 0.15) is 0 Å². The number of carboxylic acids is 1.